The standard InChI is InChI=1S/C7H14N2/c8-6-3-4-1-2-5(6)7(4)9/h4-7H,1-3,8-9H2/t4-,5-,6-,7-/m1/s1. The highest BCUT2D eigenvalue weighted by Crippen LogP contribution is 2.42. The zero-order valence-electron chi connectivity index (χ0n) is 5.59. The Labute approximate surface area is 55.6 Å². The van der Waals surface area contributed by atoms with Gasteiger partial charge in [0.25, 0.3) is 0 Å². The fraction of sp³-hybridized carbons (Fsp3) is 1.00. The van der Waals surface area contributed by atoms with E-state index in [0.717, 1.165) is 5.92 Å². The van der Waals surface area contributed by atoms with Crippen molar-refractivity contribution < 1.29 is 0 Å². The van der Waals surface area contributed by atoms with Crippen LogP contribution in [0.3, 0.4) is 0 Å². The van der Waals surface area contributed by atoms with Gasteiger partial charge in [-0.3, -0.25) is 0 Å². The van der Waals surface area contributed by atoms with Gasteiger partial charge in [-0.1, -0.05) is 0 Å². The number of nitrogens with two attached hydrogens (primary N) is 2. The molecule has 2 bridgehead atoms. The average Bonchev–Trinajstić information content (AvgIpc) is 2.25. The smallest absolute Gasteiger partial charge is 0.0111 e. The maximum absolute atomic E-state index is 5.89. The highest BCUT2D eigenvalue weighted by atomic mass is 14.8. The van der Waals surface area contributed by atoms with Gasteiger partial charge in [-0.2, -0.15) is 0 Å². The van der Waals surface area contributed by atoms with Crippen molar-refractivity contribution >= 4 is 0 Å². The zero-order chi connectivity index (χ0) is 6.43. The van der Waals surface area contributed by atoms with Gasteiger partial charge in [0.05, 0.1) is 0 Å². The molecule has 52 valence electrons. The quantitative estimate of drug-likeness (QED) is 0.482. The summed E-state index contributed by atoms with van der Waals surface area (Å²) in [6, 6.07) is 0.874. The third kappa shape index (κ3) is 0.634. The van der Waals surface area contributed by atoms with Crippen LogP contribution >= 0.6 is 0 Å². The molecule has 0 spiro atoms. The first kappa shape index (κ1) is 5.69. The molecule has 4 N–H and O–H groups in total. The van der Waals surface area contributed by atoms with Crippen molar-refractivity contribution in [2.45, 2.75) is 31.3 Å². The molecule has 2 aliphatic carbocycles. The summed E-state index contributed by atoms with van der Waals surface area (Å²) >= 11 is 0. The van der Waals surface area contributed by atoms with Crippen LogP contribution < -0.4 is 11.5 Å². The molecule has 2 heteroatoms. The highest BCUT2D eigenvalue weighted by molar-refractivity contribution is 5.01. The molecule has 0 heterocycles. The second kappa shape index (κ2) is 1.70. The molecule has 2 saturated carbocycles. The lowest BCUT2D eigenvalue weighted by Crippen LogP contribution is -2.32. The summed E-state index contributed by atoms with van der Waals surface area (Å²) in [5.74, 6) is 1.43. The molecule has 0 aromatic rings. The van der Waals surface area contributed by atoms with Crippen LogP contribution in [0.15, 0.2) is 0 Å². The van der Waals surface area contributed by atoms with E-state index in [1.54, 1.807) is 0 Å². The Hall–Kier alpha value is -0.0800. The largest absolute Gasteiger partial charge is 0.327 e. The van der Waals surface area contributed by atoms with Crippen LogP contribution in [0, 0.1) is 11.8 Å². The zero-order valence-corrected chi connectivity index (χ0v) is 5.59. The van der Waals surface area contributed by atoms with Crippen molar-refractivity contribution in [3.05, 3.63) is 0 Å². The van der Waals surface area contributed by atoms with E-state index < -0.39 is 0 Å². The second-order valence-corrected chi connectivity index (χ2v) is 3.48. The molecular formula is C7H14N2. The first-order chi connectivity index (χ1) is 4.29. The monoisotopic (exact) mass is 126 g/mol. The van der Waals surface area contributed by atoms with Crippen molar-refractivity contribution in [2.24, 2.45) is 23.3 Å². The summed E-state index contributed by atoms with van der Waals surface area (Å²) in [4.78, 5) is 0. The Balaban J connectivity index is 2.16. The molecule has 4 atom stereocenters. The van der Waals surface area contributed by atoms with E-state index in [4.69, 9.17) is 11.5 Å². The second-order valence-electron chi connectivity index (χ2n) is 3.48. The summed E-state index contributed by atoms with van der Waals surface area (Å²) in [6.07, 6.45) is 3.80. The molecule has 0 aliphatic heterocycles. The molecule has 0 saturated heterocycles. The molecule has 0 unspecified atom stereocenters. The lowest BCUT2D eigenvalue weighted by atomic mass is 9.96. The van der Waals surface area contributed by atoms with Crippen molar-refractivity contribution in [3.8, 4) is 0 Å². The Morgan fingerprint density at radius 1 is 1.11 bits per heavy atom. The predicted molar refractivity (Wildman–Crippen MR) is 36.8 cm³/mol. The van der Waals surface area contributed by atoms with Gasteiger partial charge in [0.15, 0.2) is 0 Å². The summed E-state index contributed by atoms with van der Waals surface area (Å²) in [5.41, 5.74) is 11.7. The van der Waals surface area contributed by atoms with E-state index in [0.29, 0.717) is 18.0 Å². The van der Waals surface area contributed by atoms with Crippen molar-refractivity contribution in [2.75, 3.05) is 0 Å². The van der Waals surface area contributed by atoms with E-state index in [1.807, 2.05) is 0 Å². The van der Waals surface area contributed by atoms with E-state index in [2.05, 4.69) is 0 Å². The highest BCUT2D eigenvalue weighted by Gasteiger charge is 2.44. The molecule has 2 aliphatic rings. The Bertz CT molecular complexity index is 124. The van der Waals surface area contributed by atoms with Crippen molar-refractivity contribution in [3.63, 3.8) is 0 Å². The summed E-state index contributed by atoms with van der Waals surface area (Å²) < 4.78 is 0. The first-order valence-electron chi connectivity index (χ1n) is 3.80. The van der Waals surface area contributed by atoms with Crippen LogP contribution in [-0.2, 0) is 0 Å². The van der Waals surface area contributed by atoms with E-state index in [9.17, 15) is 0 Å². The minimum absolute atomic E-state index is 0.429. The van der Waals surface area contributed by atoms with Crippen molar-refractivity contribution in [1.82, 2.24) is 0 Å². The summed E-state index contributed by atoms with van der Waals surface area (Å²) in [7, 11) is 0. The number of fused-ring (bicyclic) bond motifs is 2. The maximum atomic E-state index is 5.89. The molecular weight excluding hydrogens is 112 g/mol. The van der Waals surface area contributed by atoms with Crippen molar-refractivity contribution in [1.29, 1.82) is 0 Å². The third-order valence-electron chi connectivity index (χ3n) is 3.03. The van der Waals surface area contributed by atoms with Gasteiger partial charge in [0, 0.05) is 12.1 Å². The minimum Gasteiger partial charge on any atom is -0.327 e. The lowest BCUT2D eigenvalue weighted by molar-refractivity contribution is 0.416. The molecule has 0 radical (unpaired) electrons. The fourth-order valence-electron chi connectivity index (χ4n) is 2.44. The lowest BCUT2D eigenvalue weighted by Gasteiger charge is -2.15. The van der Waals surface area contributed by atoms with Crippen LogP contribution in [0.2, 0.25) is 0 Å². The summed E-state index contributed by atoms with van der Waals surface area (Å²) in [5, 5.41) is 0. The topological polar surface area (TPSA) is 52.0 Å². The number of rotatable bonds is 0. The SMILES string of the molecule is N[C@@H]1[C@@H]2CC[C@@H]1[C@H](N)C2. The first-order valence-corrected chi connectivity index (χ1v) is 3.80. The van der Waals surface area contributed by atoms with Gasteiger partial charge >= 0.3 is 0 Å². The fourth-order valence-corrected chi connectivity index (χ4v) is 2.44. The van der Waals surface area contributed by atoms with Crippen LogP contribution in [-0.4, -0.2) is 12.1 Å². The molecule has 0 amide bonds. The molecule has 0 aromatic heterocycles. The molecule has 0 aromatic carbocycles. The molecule has 2 nitrogen and oxygen atoms in total. The maximum Gasteiger partial charge on any atom is 0.0111 e. The molecule has 2 fully saturated rings. The Kier molecular flexibility index (Phi) is 1.08. The summed E-state index contributed by atoms with van der Waals surface area (Å²) in [6.45, 7) is 0. The van der Waals surface area contributed by atoms with E-state index in [-0.39, 0.29) is 0 Å². The van der Waals surface area contributed by atoms with Gasteiger partial charge in [0.1, 0.15) is 0 Å². The van der Waals surface area contributed by atoms with Gasteiger partial charge in [0.2, 0.25) is 0 Å². The van der Waals surface area contributed by atoms with Gasteiger partial charge < -0.3 is 11.5 Å². The molecule has 9 heavy (non-hydrogen) atoms. The number of hydrogen-bond acceptors (Lipinski definition) is 2. The van der Waals surface area contributed by atoms with Crippen LogP contribution in [0.1, 0.15) is 19.3 Å². The molecule has 2 rings (SSSR count). The van der Waals surface area contributed by atoms with Crippen LogP contribution in [0.5, 0.6) is 0 Å². The normalized spacial score (nSPS) is 56.7. The van der Waals surface area contributed by atoms with E-state index in [1.165, 1.54) is 19.3 Å². The number of hydrogen-bond donors (Lipinski definition) is 2. The third-order valence-corrected chi connectivity index (χ3v) is 3.03. The Morgan fingerprint density at radius 3 is 2.11 bits per heavy atom. The average molecular weight is 126 g/mol. The van der Waals surface area contributed by atoms with Crippen LogP contribution in [0.4, 0.5) is 0 Å². The van der Waals surface area contributed by atoms with Crippen LogP contribution in [0.25, 0.3) is 0 Å². The van der Waals surface area contributed by atoms with Gasteiger partial charge in [-0.05, 0) is 31.1 Å². The van der Waals surface area contributed by atoms with E-state index >= 15 is 0 Å². The van der Waals surface area contributed by atoms with Gasteiger partial charge in [-0.25, -0.2) is 0 Å². The Morgan fingerprint density at radius 2 is 1.89 bits per heavy atom. The minimum atomic E-state index is 0.429. The predicted octanol–water partition coefficient (Wildman–Crippen LogP) is 0.0709. The van der Waals surface area contributed by atoms with Gasteiger partial charge in [-0.15, -0.1) is 0 Å².